The molecule has 0 radical (unpaired) electrons. The Morgan fingerprint density at radius 2 is 1.47 bits per heavy atom. The molecule has 2 nitrogen and oxygen atoms in total. The van der Waals surface area contributed by atoms with E-state index in [-0.39, 0.29) is 0 Å². The molecule has 0 spiro atoms. The van der Waals surface area contributed by atoms with Gasteiger partial charge in [-0.2, -0.15) is 0 Å². The highest BCUT2D eigenvalue weighted by Crippen LogP contribution is 2.40. The van der Waals surface area contributed by atoms with Crippen molar-refractivity contribution in [3.63, 3.8) is 0 Å². The van der Waals surface area contributed by atoms with Crippen molar-refractivity contribution in [1.82, 2.24) is 9.97 Å². The zero-order valence-corrected chi connectivity index (χ0v) is 18.0. The molecule has 0 saturated heterocycles. The predicted octanol–water partition coefficient (Wildman–Crippen LogP) is 7.74. The Kier molecular flexibility index (Phi) is 3.71. The summed E-state index contributed by atoms with van der Waals surface area (Å²) in [6, 6.07) is 22.2. The second-order valence-corrected chi connectivity index (χ2v) is 9.20. The lowest BCUT2D eigenvalue weighted by atomic mass is 9.94. The third-order valence-electron chi connectivity index (χ3n) is 6.00. The van der Waals surface area contributed by atoms with Gasteiger partial charge in [0.05, 0.1) is 5.69 Å². The molecule has 144 valence electrons. The van der Waals surface area contributed by atoms with E-state index in [0.717, 1.165) is 21.5 Å². The molecular weight excluding hydrogens is 384 g/mol. The summed E-state index contributed by atoms with van der Waals surface area (Å²) in [5.74, 6) is 0. The van der Waals surface area contributed by atoms with Gasteiger partial charge in [0.2, 0.25) is 0 Å². The van der Waals surface area contributed by atoms with Gasteiger partial charge in [0.25, 0.3) is 0 Å². The van der Waals surface area contributed by atoms with E-state index in [2.05, 4.69) is 86.4 Å². The summed E-state index contributed by atoms with van der Waals surface area (Å²) >= 11 is 1.75. The first kappa shape index (κ1) is 17.5. The van der Waals surface area contributed by atoms with Gasteiger partial charge >= 0.3 is 0 Å². The van der Waals surface area contributed by atoms with Gasteiger partial charge in [-0.3, -0.25) is 0 Å². The maximum absolute atomic E-state index is 4.77. The van der Waals surface area contributed by atoms with Crippen LogP contribution in [-0.4, -0.2) is 9.97 Å². The number of aromatic nitrogens is 2. The van der Waals surface area contributed by atoms with Crippen molar-refractivity contribution < 1.29 is 0 Å². The van der Waals surface area contributed by atoms with Crippen LogP contribution in [0.1, 0.15) is 16.7 Å². The lowest BCUT2D eigenvalue weighted by Crippen LogP contribution is -1.91. The molecule has 0 atom stereocenters. The summed E-state index contributed by atoms with van der Waals surface area (Å²) in [6.07, 6.45) is 1.70. The molecule has 30 heavy (non-hydrogen) atoms. The fourth-order valence-corrected chi connectivity index (χ4v) is 5.89. The van der Waals surface area contributed by atoms with Gasteiger partial charge in [0.1, 0.15) is 11.2 Å². The third kappa shape index (κ3) is 2.55. The summed E-state index contributed by atoms with van der Waals surface area (Å²) < 4.78 is 1.26. The summed E-state index contributed by atoms with van der Waals surface area (Å²) in [5.41, 5.74) is 6.08. The van der Waals surface area contributed by atoms with Gasteiger partial charge < -0.3 is 0 Å². The van der Waals surface area contributed by atoms with Crippen molar-refractivity contribution in [2.24, 2.45) is 0 Å². The van der Waals surface area contributed by atoms with Gasteiger partial charge in [0, 0.05) is 21.0 Å². The number of thiophene rings is 1. The number of hydrogen-bond acceptors (Lipinski definition) is 3. The van der Waals surface area contributed by atoms with Crippen LogP contribution in [0, 0.1) is 20.8 Å². The Labute approximate surface area is 178 Å². The third-order valence-corrected chi connectivity index (χ3v) is 7.06. The molecule has 6 aromatic rings. The summed E-state index contributed by atoms with van der Waals surface area (Å²) in [4.78, 5) is 10.4. The van der Waals surface area contributed by atoms with E-state index in [4.69, 9.17) is 4.98 Å². The smallest absolute Gasteiger partial charge is 0.128 e. The largest absolute Gasteiger partial charge is 0.236 e. The molecule has 2 aromatic heterocycles. The van der Waals surface area contributed by atoms with Crippen LogP contribution in [0.25, 0.3) is 53.1 Å². The highest BCUT2D eigenvalue weighted by Gasteiger charge is 2.15. The van der Waals surface area contributed by atoms with Gasteiger partial charge in [0.15, 0.2) is 0 Å². The fourth-order valence-electron chi connectivity index (χ4n) is 4.82. The molecule has 0 saturated carbocycles. The molecule has 0 unspecified atom stereocenters. The molecule has 3 heteroatoms. The Morgan fingerprint density at radius 3 is 2.30 bits per heavy atom. The molecule has 6 rings (SSSR count). The van der Waals surface area contributed by atoms with Crippen molar-refractivity contribution >= 4 is 53.2 Å². The van der Waals surface area contributed by atoms with Crippen LogP contribution >= 0.6 is 11.3 Å². The molecular formula is C27H20N2S. The topological polar surface area (TPSA) is 25.8 Å². The SMILES string of the molecule is Cc1cc(C)c2c(C)cc(-c3ncnc4sc5cc6ccccc6cc5c34)cc2c1. The van der Waals surface area contributed by atoms with Crippen LogP contribution in [0.4, 0.5) is 0 Å². The second-order valence-electron chi connectivity index (χ2n) is 8.17. The minimum Gasteiger partial charge on any atom is -0.236 e. The van der Waals surface area contributed by atoms with E-state index < -0.39 is 0 Å². The zero-order chi connectivity index (χ0) is 20.4. The quantitative estimate of drug-likeness (QED) is 0.280. The molecule has 0 aliphatic heterocycles. The first-order valence-electron chi connectivity index (χ1n) is 10.2. The number of fused-ring (bicyclic) bond motifs is 5. The van der Waals surface area contributed by atoms with Gasteiger partial charge in [-0.05, 0) is 77.7 Å². The standard InChI is InChI=1S/C27H20N2S/c1-15-8-16(2)24-17(3)10-21(11-20(24)9-15)26-25-22-12-18-6-4-5-7-19(18)13-23(22)30-27(25)29-14-28-26/h4-14H,1-3H3. The Hall–Kier alpha value is -3.30. The minimum atomic E-state index is 1.02. The molecule has 0 N–H and O–H groups in total. The van der Waals surface area contributed by atoms with Crippen LogP contribution in [0.2, 0.25) is 0 Å². The monoisotopic (exact) mass is 404 g/mol. The maximum Gasteiger partial charge on any atom is 0.128 e. The highest BCUT2D eigenvalue weighted by atomic mass is 32.1. The van der Waals surface area contributed by atoms with Crippen LogP contribution in [0.5, 0.6) is 0 Å². The Morgan fingerprint density at radius 1 is 0.700 bits per heavy atom. The van der Waals surface area contributed by atoms with Crippen molar-refractivity contribution in [2.75, 3.05) is 0 Å². The molecule has 4 aromatic carbocycles. The van der Waals surface area contributed by atoms with E-state index in [1.807, 2.05) is 0 Å². The van der Waals surface area contributed by atoms with Gasteiger partial charge in [-0.15, -0.1) is 11.3 Å². The Balaban J connectivity index is 1.71. The van der Waals surface area contributed by atoms with E-state index in [1.54, 1.807) is 17.7 Å². The Bertz CT molecular complexity index is 1630. The van der Waals surface area contributed by atoms with Crippen molar-refractivity contribution in [3.8, 4) is 11.3 Å². The molecule has 0 bridgehead atoms. The minimum absolute atomic E-state index is 1.02. The second kappa shape index (κ2) is 6.35. The normalized spacial score (nSPS) is 11.8. The highest BCUT2D eigenvalue weighted by molar-refractivity contribution is 7.25. The van der Waals surface area contributed by atoms with E-state index in [0.29, 0.717) is 0 Å². The molecule has 2 heterocycles. The molecule has 0 aliphatic carbocycles. The van der Waals surface area contributed by atoms with Gasteiger partial charge in [-0.1, -0.05) is 42.0 Å². The molecule has 0 fully saturated rings. The average molecular weight is 405 g/mol. The molecule has 0 amide bonds. The maximum atomic E-state index is 4.77. The lowest BCUT2D eigenvalue weighted by molar-refractivity contribution is 1.24. The zero-order valence-electron chi connectivity index (χ0n) is 17.2. The van der Waals surface area contributed by atoms with Crippen LogP contribution in [-0.2, 0) is 0 Å². The van der Waals surface area contributed by atoms with E-state index in [9.17, 15) is 0 Å². The average Bonchev–Trinajstić information content (AvgIpc) is 3.08. The summed E-state index contributed by atoms with van der Waals surface area (Å²) in [5, 5.41) is 7.53. The van der Waals surface area contributed by atoms with Crippen molar-refractivity contribution in [2.45, 2.75) is 20.8 Å². The predicted molar refractivity (Wildman–Crippen MR) is 130 cm³/mol. The number of hydrogen-bond donors (Lipinski definition) is 0. The molecule has 0 aliphatic rings. The number of rotatable bonds is 1. The number of nitrogens with zero attached hydrogens (tertiary/aromatic N) is 2. The van der Waals surface area contributed by atoms with Crippen LogP contribution < -0.4 is 0 Å². The van der Waals surface area contributed by atoms with Crippen molar-refractivity contribution in [1.29, 1.82) is 0 Å². The van der Waals surface area contributed by atoms with Crippen LogP contribution in [0.3, 0.4) is 0 Å². The van der Waals surface area contributed by atoms with Crippen molar-refractivity contribution in [3.05, 3.63) is 83.7 Å². The van der Waals surface area contributed by atoms with E-state index in [1.165, 1.54) is 48.3 Å². The van der Waals surface area contributed by atoms with E-state index >= 15 is 0 Å². The summed E-state index contributed by atoms with van der Waals surface area (Å²) in [7, 11) is 0. The summed E-state index contributed by atoms with van der Waals surface area (Å²) in [6.45, 7) is 6.56. The number of aryl methyl sites for hydroxylation is 3. The number of benzene rings is 4. The lowest BCUT2D eigenvalue weighted by Gasteiger charge is -2.11. The fraction of sp³-hybridized carbons (Fsp3) is 0.111. The van der Waals surface area contributed by atoms with Crippen LogP contribution in [0.15, 0.2) is 67.0 Å². The van der Waals surface area contributed by atoms with Gasteiger partial charge in [-0.25, -0.2) is 9.97 Å². The first-order valence-corrected chi connectivity index (χ1v) is 11.0. The first-order chi connectivity index (χ1) is 14.6.